The molecular weight excluding hydrogens is 140 g/mol. The summed E-state index contributed by atoms with van der Waals surface area (Å²) in [4.78, 5) is 1.38. The molecule has 0 fully saturated rings. The lowest BCUT2D eigenvalue weighted by molar-refractivity contribution is 1.43. The average Bonchev–Trinajstić information content (AvgIpc) is 2.34. The fourth-order valence-corrected chi connectivity index (χ4v) is 2.16. The van der Waals surface area contributed by atoms with E-state index in [0.717, 1.165) is 5.75 Å². The van der Waals surface area contributed by atoms with E-state index in [1.54, 1.807) is 0 Å². The fourth-order valence-electron chi connectivity index (χ4n) is 1.13. The van der Waals surface area contributed by atoms with E-state index in [9.17, 15) is 0 Å². The van der Waals surface area contributed by atoms with Gasteiger partial charge in [-0.3, -0.25) is 0 Å². The molecule has 0 spiro atoms. The first kappa shape index (κ1) is 6.05. The van der Waals surface area contributed by atoms with E-state index in [1.807, 2.05) is 11.8 Å². The zero-order valence-electron chi connectivity index (χ0n) is 5.63. The summed E-state index contributed by atoms with van der Waals surface area (Å²) in [7, 11) is 0. The van der Waals surface area contributed by atoms with Gasteiger partial charge in [0.1, 0.15) is 0 Å². The van der Waals surface area contributed by atoms with Crippen molar-refractivity contribution >= 4 is 17.3 Å². The van der Waals surface area contributed by atoms with Crippen LogP contribution in [0.2, 0.25) is 0 Å². The lowest BCUT2D eigenvalue weighted by Crippen LogP contribution is -1.75. The van der Waals surface area contributed by atoms with Crippen LogP contribution in [-0.2, 0) is 0 Å². The van der Waals surface area contributed by atoms with Crippen LogP contribution in [0.25, 0.3) is 5.57 Å². The van der Waals surface area contributed by atoms with Crippen LogP contribution in [-0.4, -0.2) is 5.75 Å². The molecule has 0 saturated heterocycles. The second-order valence-corrected chi connectivity index (χ2v) is 3.41. The van der Waals surface area contributed by atoms with Crippen molar-refractivity contribution in [2.45, 2.75) is 4.90 Å². The summed E-state index contributed by atoms with van der Waals surface area (Å²) in [6, 6.07) is 8.43. The van der Waals surface area contributed by atoms with Gasteiger partial charge in [0.15, 0.2) is 0 Å². The Morgan fingerprint density at radius 2 is 2.10 bits per heavy atom. The Hall–Kier alpha value is -0.690. The molecule has 0 radical (unpaired) electrons. The summed E-state index contributed by atoms with van der Waals surface area (Å²) in [5.41, 5.74) is 2.60. The third kappa shape index (κ3) is 0.781. The van der Waals surface area contributed by atoms with Gasteiger partial charge >= 0.3 is 0 Å². The highest BCUT2D eigenvalue weighted by Crippen LogP contribution is 2.37. The summed E-state index contributed by atoms with van der Waals surface area (Å²) in [6.45, 7) is 3.97. The van der Waals surface area contributed by atoms with Crippen molar-refractivity contribution in [2.24, 2.45) is 0 Å². The van der Waals surface area contributed by atoms with E-state index in [4.69, 9.17) is 0 Å². The lowest BCUT2D eigenvalue weighted by atomic mass is 10.1. The highest BCUT2D eigenvalue weighted by Gasteiger charge is 2.12. The third-order valence-corrected chi connectivity index (χ3v) is 2.83. The maximum Gasteiger partial charge on any atom is 0.0232 e. The molecule has 0 bridgehead atoms. The van der Waals surface area contributed by atoms with Gasteiger partial charge in [0, 0.05) is 10.6 Å². The molecule has 0 saturated carbocycles. The first-order valence-corrected chi connectivity index (χ1v) is 4.26. The van der Waals surface area contributed by atoms with Crippen molar-refractivity contribution in [3.63, 3.8) is 0 Å². The minimum Gasteiger partial charge on any atom is -0.121 e. The average molecular weight is 148 g/mol. The smallest absolute Gasteiger partial charge is 0.0232 e. The highest BCUT2D eigenvalue weighted by molar-refractivity contribution is 8.00. The minimum atomic E-state index is 1.07. The van der Waals surface area contributed by atoms with Crippen molar-refractivity contribution in [3.05, 3.63) is 36.4 Å². The summed E-state index contributed by atoms with van der Waals surface area (Å²) in [6.07, 6.45) is 0. The van der Waals surface area contributed by atoms with Gasteiger partial charge in [-0.2, -0.15) is 0 Å². The molecule has 0 nitrogen and oxygen atoms in total. The maximum atomic E-state index is 3.97. The number of hydrogen-bond acceptors (Lipinski definition) is 1. The molecule has 1 aliphatic rings. The van der Waals surface area contributed by atoms with Crippen LogP contribution < -0.4 is 0 Å². The standard InChI is InChI=1S/C9H8S/c1-7-6-10-9-5-3-2-4-8(7)9/h2-5H,1,6H2. The van der Waals surface area contributed by atoms with Crippen LogP contribution in [0.15, 0.2) is 35.7 Å². The summed E-state index contributed by atoms with van der Waals surface area (Å²) < 4.78 is 0. The molecule has 50 valence electrons. The van der Waals surface area contributed by atoms with E-state index in [0.29, 0.717) is 0 Å². The minimum absolute atomic E-state index is 1.07. The van der Waals surface area contributed by atoms with Crippen LogP contribution in [0.3, 0.4) is 0 Å². The largest absolute Gasteiger partial charge is 0.121 e. The van der Waals surface area contributed by atoms with E-state index in [2.05, 4.69) is 30.8 Å². The second-order valence-electron chi connectivity index (χ2n) is 2.39. The van der Waals surface area contributed by atoms with E-state index >= 15 is 0 Å². The quantitative estimate of drug-likeness (QED) is 0.545. The van der Waals surface area contributed by atoms with Crippen molar-refractivity contribution in [1.82, 2.24) is 0 Å². The van der Waals surface area contributed by atoms with Gasteiger partial charge < -0.3 is 0 Å². The van der Waals surface area contributed by atoms with Crippen molar-refractivity contribution in [1.29, 1.82) is 0 Å². The number of rotatable bonds is 0. The molecule has 10 heavy (non-hydrogen) atoms. The monoisotopic (exact) mass is 148 g/mol. The third-order valence-electron chi connectivity index (χ3n) is 1.67. The van der Waals surface area contributed by atoms with Gasteiger partial charge in [-0.15, -0.1) is 11.8 Å². The predicted molar refractivity (Wildman–Crippen MR) is 46.2 cm³/mol. The summed E-state index contributed by atoms with van der Waals surface area (Å²) in [5, 5.41) is 0. The fraction of sp³-hybridized carbons (Fsp3) is 0.111. The molecule has 0 aromatic heterocycles. The van der Waals surface area contributed by atoms with Crippen molar-refractivity contribution in [2.75, 3.05) is 5.75 Å². The Morgan fingerprint density at radius 1 is 1.30 bits per heavy atom. The predicted octanol–water partition coefficient (Wildman–Crippen LogP) is 2.81. The maximum absolute atomic E-state index is 3.97. The van der Waals surface area contributed by atoms with Gasteiger partial charge in [-0.05, 0) is 17.2 Å². The second kappa shape index (κ2) is 2.17. The Labute approximate surface area is 65.0 Å². The first-order chi connectivity index (χ1) is 4.88. The van der Waals surface area contributed by atoms with Gasteiger partial charge in [0.2, 0.25) is 0 Å². The van der Waals surface area contributed by atoms with Crippen LogP contribution in [0.1, 0.15) is 5.56 Å². The molecule has 2 rings (SSSR count). The van der Waals surface area contributed by atoms with Crippen LogP contribution in [0, 0.1) is 0 Å². The zero-order chi connectivity index (χ0) is 6.97. The molecule has 0 N–H and O–H groups in total. The molecule has 0 atom stereocenters. The molecule has 1 aromatic carbocycles. The van der Waals surface area contributed by atoms with Gasteiger partial charge in [0.05, 0.1) is 0 Å². The van der Waals surface area contributed by atoms with Crippen molar-refractivity contribution < 1.29 is 0 Å². The van der Waals surface area contributed by atoms with Gasteiger partial charge in [-0.1, -0.05) is 24.8 Å². The molecule has 1 heteroatoms. The molecule has 0 unspecified atom stereocenters. The van der Waals surface area contributed by atoms with Gasteiger partial charge in [0.25, 0.3) is 0 Å². The van der Waals surface area contributed by atoms with E-state index in [-0.39, 0.29) is 0 Å². The number of thioether (sulfide) groups is 1. The summed E-state index contributed by atoms with van der Waals surface area (Å²) in [5.74, 6) is 1.07. The van der Waals surface area contributed by atoms with Crippen LogP contribution in [0.4, 0.5) is 0 Å². The zero-order valence-corrected chi connectivity index (χ0v) is 6.45. The van der Waals surface area contributed by atoms with Crippen molar-refractivity contribution in [3.8, 4) is 0 Å². The highest BCUT2D eigenvalue weighted by atomic mass is 32.2. The van der Waals surface area contributed by atoms with Crippen LogP contribution >= 0.6 is 11.8 Å². The number of benzene rings is 1. The lowest BCUT2D eigenvalue weighted by Gasteiger charge is -1.94. The normalized spacial score (nSPS) is 15.4. The molecule has 1 aliphatic heterocycles. The Bertz CT molecular complexity index is 276. The molecule has 1 aromatic rings. The SMILES string of the molecule is C=C1CSc2ccccc21. The molecule has 0 aliphatic carbocycles. The molecule has 0 amide bonds. The topological polar surface area (TPSA) is 0 Å². The Kier molecular flexibility index (Phi) is 1.31. The first-order valence-electron chi connectivity index (χ1n) is 3.28. The Balaban J connectivity index is 2.61. The molecular formula is C9H8S. The summed E-state index contributed by atoms with van der Waals surface area (Å²) >= 11 is 1.88. The van der Waals surface area contributed by atoms with E-state index in [1.165, 1.54) is 16.0 Å². The Morgan fingerprint density at radius 3 is 2.90 bits per heavy atom. The van der Waals surface area contributed by atoms with Crippen LogP contribution in [0.5, 0.6) is 0 Å². The van der Waals surface area contributed by atoms with E-state index < -0.39 is 0 Å². The number of hydrogen-bond donors (Lipinski definition) is 0. The van der Waals surface area contributed by atoms with Gasteiger partial charge in [-0.25, -0.2) is 0 Å². The number of fused-ring (bicyclic) bond motifs is 1. The molecule has 1 heterocycles.